The van der Waals surface area contributed by atoms with E-state index in [1.807, 2.05) is 0 Å². The first-order valence-corrected chi connectivity index (χ1v) is 5.11. The molecular formula is C5H11NO4S. The van der Waals surface area contributed by atoms with Gasteiger partial charge in [0.05, 0.1) is 31.6 Å². The molecule has 1 saturated heterocycles. The van der Waals surface area contributed by atoms with E-state index in [1.54, 1.807) is 0 Å². The highest BCUT2D eigenvalue weighted by molar-refractivity contribution is 7.88. The molecule has 6 heteroatoms. The van der Waals surface area contributed by atoms with Gasteiger partial charge < -0.3 is 9.84 Å². The lowest BCUT2D eigenvalue weighted by atomic mass is 10.2. The summed E-state index contributed by atoms with van der Waals surface area (Å²) in [4.78, 5) is 0. The van der Waals surface area contributed by atoms with Crippen molar-refractivity contribution in [2.45, 2.75) is 12.1 Å². The largest absolute Gasteiger partial charge is 0.389 e. The molecule has 0 aliphatic carbocycles. The Hall–Kier alpha value is -0.170. The molecule has 0 saturated carbocycles. The van der Waals surface area contributed by atoms with Crippen LogP contribution in [0.15, 0.2) is 0 Å². The lowest BCUT2D eigenvalue weighted by Gasteiger charge is -2.11. The predicted octanol–water partition coefficient (Wildman–Crippen LogP) is -1.70. The normalized spacial score (nSPS) is 32.5. The Kier molecular flexibility index (Phi) is 2.48. The molecule has 1 fully saturated rings. The summed E-state index contributed by atoms with van der Waals surface area (Å²) >= 11 is 0. The molecule has 0 radical (unpaired) electrons. The average molecular weight is 181 g/mol. The van der Waals surface area contributed by atoms with Crippen molar-refractivity contribution in [3.05, 3.63) is 0 Å². The molecule has 11 heavy (non-hydrogen) atoms. The van der Waals surface area contributed by atoms with E-state index in [1.165, 1.54) is 0 Å². The highest BCUT2D eigenvalue weighted by atomic mass is 32.2. The summed E-state index contributed by atoms with van der Waals surface area (Å²) in [6.45, 7) is 0.446. The zero-order chi connectivity index (χ0) is 8.48. The number of rotatable bonds is 2. The Bertz CT molecular complexity index is 225. The van der Waals surface area contributed by atoms with Crippen LogP contribution in [0.3, 0.4) is 0 Å². The van der Waals surface area contributed by atoms with Crippen LogP contribution in [0.4, 0.5) is 0 Å². The van der Waals surface area contributed by atoms with Crippen molar-refractivity contribution < 1.29 is 18.3 Å². The molecule has 0 aromatic rings. The highest BCUT2D eigenvalue weighted by Gasteiger charge is 2.28. The fourth-order valence-corrected chi connectivity index (χ4v) is 1.71. The number of hydrogen-bond acceptors (Lipinski definition) is 4. The van der Waals surface area contributed by atoms with Crippen molar-refractivity contribution >= 4 is 10.0 Å². The van der Waals surface area contributed by atoms with Crippen LogP contribution in [0.5, 0.6) is 0 Å². The molecule has 0 bridgehead atoms. The van der Waals surface area contributed by atoms with E-state index in [-0.39, 0.29) is 13.2 Å². The Labute approximate surface area is 65.4 Å². The number of aliphatic hydroxyl groups excluding tert-OH is 1. The standard InChI is InChI=1S/C5H11NO4S/c1-11(8,9)6-4-2-10-3-5(4)7/h4-7H,2-3H2,1H3. The maximum atomic E-state index is 10.7. The SMILES string of the molecule is CS(=O)(=O)NC1COCC1O. The minimum atomic E-state index is -3.23. The van der Waals surface area contributed by atoms with Gasteiger partial charge in [0, 0.05) is 0 Å². The van der Waals surface area contributed by atoms with Gasteiger partial charge in [0.15, 0.2) is 0 Å². The molecule has 1 heterocycles. The van der Waals surface area contributed by atoms with Gasteiger partial charge >= 0.3 is 0 Å². The molecule has 1 aliphatic rings. The first kappa shape index (κ1) is 8.92. The number of ether oxygens (including phenoxy) is 1. The molecule has 5 nitrogen and oxygen atoms in total. The van der Waals surface area contributed by atoms with Crippen molar-refractivity contribution in [1.82, 2.24) is 4.72 Å². The van der Waals surface area contributed by atoms with Gasteiger partial charge in [0.2, 0.25) is 10.0 Å². The van der Waals surface area contributed by atoms with E-state index >= 15 is 0 Å². The number of sulfonamides is 1. The topological polar surface area (TPSA) is 75.6 Å². The van der Waals surface area contributed by atoms with Crippen LogP contribution in [0.25, 0.3) is 0 Å². The Morgan fingerprint density at radius 1 is 1.55 bits per heavy atom. The second-order valence-electron chi connectivity index (χ2n) is 2.60. The summed E-state index contributed by atoms with van der Waals surface area (Å²) in [5.41, 5.74) is 0. The van der Waals surface area contributed by atoms with E-state index in [0.717, 1.165) is 6.26 Å². The second kappa shape index (κ2) is 3.06. The van der Waals surface area contributed by atoms with Gasteiger partial charge in [-0.25, -0.2) is 13.1 Å². The van der Waals surface area contributed by atoms with Gasteiger partial charge in [0.1, 0.15) is 0 Å². The smallest absolute Gasteiger partial charge is 0.209 e. The van der Waals surface area contributed by atoms with E-state index in [4.69, 9.17) is 9.84 Å². The van der Waals surface area contributed by atoms with Crippen LogP contribution in [0.1, 0.15) is 0 Å². The summed E-state index contributed by atoms with van der Waals surface area (Å²) in [5, 5.41) is 9.10. The second-order valence-corrected chi connectivity index (χ2v) is 4.38. The maximum absolute atomic E-state index is 10.7. The van der Waals surface area contributed by atoms with Crippen molar-refractivity contribution in [3.63, 3.8) is 0 Å². The van der Waals surface area contributed by atoms with Gasteiger partial charge in [-0.2, -0.15) is 0 Å². The van der Waals surface area contributed by atoms with Gasteiger partial charge in [-0.15, -0.1) is 0 Å². The van der Waals surface area contributed by atoms with Crippen molar-refractivity contribution in [2.75, 3.05) is 19.5 Å². The minimum absolute atomic E-state index is 0.202. The number of aliphatic hydroxyl groups is 1. The molecule has 2 N–H and O–H groups in total. The molecule has 1 aliphatic heterocycles. The van der Waals surface area contributed by atoms with Gasteiger partial charge in [-0.3, -0.25) is 0 Å². The monoisotopic (exact) mass is 181 g/mol. The molecule has 0 amide bonds. The lowest BCUT2D eigenvalue weighted by molar-refractivity contribution is 0.124. The van der Waals surface area contributed by atoms with E-state index in [9.17, 15) is 8.42 Å². The molecule has 0 aromatic heterocycles. The quantitative estimate of drug-likeness (QED) is 0.532. The third-order valence-electron chi connectivity index (χ3n) is 1.42. The van der Waals surface area contributed by atoms with Crippen LogP contribution < -0.4 is 4.72 Å². The van der Waals surface area contributed by atoms with Gasteiger partial charge in [-0.1, -0.05) is 0 Å². The summed E-state index contributed by atoms with van der Waals surface area (Å²) in [7, 11) is -3.23. The van der Waals surface area contributed by atoms with Crippen molar-refractivity contribution in [3.8, 4) is 0 Å². The molecule has 1 rings (SSSR count). The Morgan fingerprint density at radius 3 is 2.55 bits per heavy atom. The summed E-state index contributed by atoms with van der Waals surface area (Å²) in [6.07, 6.45) is 0.336. The Morgan fingerprint density at radius 2 is 2.18 bits per heavy atom. The van der Waals surface area contributed by atoms with Gasteiger partial charge in [-0.05, 0) is 0 Å². The van der Waals surface area contributed by atoms with Crippen molar-refractivity contribution in [1.29, 1.82) is 0 Å². The first-order chi connectivity index (χ1) is 4.99. The van der Waals surface area contributed by atoms with E-state index in [2.05, 4.69) is 4.72 Å². The Balaban J connectivity index is 2.50. The van der Waals surface area contributed by atoms with Crippen LogP contribution >= 0.6 is 0 Å². The van der Waals surface area contributed by atoms with E-state index < -0.39 is 22.2 Å². The van der Waals surface area contributed by atoms with Crippen LogP contribution in [-0.4, -0.2) is 45.1 Å². The molecule has 2 atom stereocenters. The third kappa shape index (κ3) is 2.74. The number of hydrogen-bond donors (Lipinski definition) is 2. The summed E-state index contributed by atoms with van der Waals surface area (Å²) in [5.74, 6) is 0. The fourth-order valence-electron chi connectivity index (χ4n) is 0.931. The zero-order valence-electron chi connectivity index (χ0n) is 6.15. The zero-order valence-corrected chi connectivity index (χ0v) is 6.97. The summed E-state index contributed by atoms with van der Waals surface area (Å²) in [6, 6.07) is -0.481. The van der Waals surface area contributed by atoms with Crippen LogP contribution in [0, 0.1) is 0 Å². The summed E-state index contributed by atoms with van der Waals surface area (Å²) < 4.78 is 28.4. The first-order valence-electron chi connectivity index (χ1n) is 3.22. The highest BCUT2D eigenvalue weighted by Crippen LogP contribution is 2.05. The van der Waals surface area contributed by atoms with Gasteiger partial charge in [0.25, 0.3) is 0 Å². The lowest BCUT2D eigenvalue weighted by Crippen LogP contribution is -2.41. The fraction of sp³-hybridized carbons (Fsp3) is 1.00. The number of nitrogens with one attached hydrogen (secondary N) is 1. The minimum Gasteiger partial charge on any atom is -0.389 e. The molecule has 0 spiro atoms. The molecule has 66 valence electrons. The van der Waals surface area contributed by atoms with Crippen LogP contribution in [0.2, 0.25) is 0 Å². The van der Waals surface area contributed by atoms with Crippen molar-refractivity contribution in [2.24, 2.45) is 0 Å². The average Bonchev–Trinajstić information content (AvgIpc) is 2.12. The predicted molar refractivity (Wildman–Crippen MR) is 38.6 cm³/mol. The van der Waals surface area contributed by atoms with Crippen LogP contribution in [-0.2, 0) is 14.8 Å². The molecule has 0 aromatic carbocycles. The molecule has 2 unspecified atom stereocenters. The van der Waals surface area contributed by atoms with E-state index in [0.29, 0.717) is 0 Å². The molecular weight excluding hydrogens is 170 g/mol. The third-order valence-corrected chi connectivity index (χ3v) is 2.15. The maximum Gasteiger partial charge on any atom is 0.209 e.